The van der Waals surface area contributed by atoms with Crippen LogP contribution in [-0.2, 0) is 22.2 Å². The first-order chi connectivity index (χ1) is 25.5. The third kappa shape index (κ3) is 7.86. The summed E-state index contributed by atoms with van der Waals surface area (Å²) in [5, 5.41) is 16.3. The molecule has 0 radical (unpaired) electrons. The van der Waals surface area contributed by atoms with Gasteiger partial charge in [0.25, 0.3) is 5.88 Å². The summed E-state index contributed by atoms with van der Waals surface area (Å²) in [4.78, 5) is 35.1. The minimum Gasteiger partial charge on any atom is -0.507 e. The van der Waals surface area contributed by atoms with Crippen LogP contribution in [-0.4, -0.2) is 86.4 Å². The van der Waals surface area contributed by atoms with E-state index >= 15 is 14.0 Å². The molecular formula is C42H63BrFN3O7Si. The number of fused-ring (bicyclic) bond motifs is 4. The van der Waals surface area contributed by atoms with Crippen molar-refractivity contribution in [3.63, 3.8) is 0 Å². The van der Waals surface area contributed by atoms with E-state index in [0.29, 0.717) is 46.9 Å². The van der Waals surface area contributed by atoms with E-state index in [9.17, 15) is 5.11 Å². The Morgan fingerprint density at radius 3 is 2.18 bits per heavy atom. The first kappa shape index (κ1) is 43.5. The number of hydrogen-bond acceptors (Lipinski definition) is 10. The number of Topliss-reactive ketones (excluding diaryl/α,β-unsaturated/α-hetero) is 2. The van der Waals surface area contributed by atoms with E-state index in [1.165, 1.54) is 0 Å². The zero-order chi connectivity index (χ0) is 41.0. The molecule has 0 amide bonds. The number of unbranched alkanes of at least 4 members (excludes halogenated alkanes) is 2. The fourth-order valence-electron chi connectivity index (χ4n) is 8.37. The number of carbonyl (C=O) groups excluding carboxylic acids is 2. The SMILES string of the molecule is CCCCOc1noc2c1C(=O)[C@@]1(O[Si](C)(C)C(C)(C)C)C(=O)C3=C(O)c4c(c(F)c(CN(C)CC(C)(C)C)c(Br)c4OCCCC)C[C@H]3C[C@H]1[C@@H]2N(C)C. The number of benzene rings is 1. The normalized spacial score (nSPS) is 22.9. The maximum atomic E-state index is 17.1. The quantitative estimate of drug-likeness (QED) is 0.112. The molecule has 10 nitrogen and oxygen atoms in total. The van der Waals surface area contributed by atoms with Crippen molar-refractivity contribution in [2.24, 2.45) is 17.3 Å². The van der Waals surface area contributed by atoms with Gasteiger partial charge in [0.2, 0.25) is 11.6 Å². The maximum absolute atomic E-state index is 17.1. The summed E-state index contributed by atoms with van der Waals surface area (Å²) in [6.07, 6.45) is 3.61. The van der Waals surface area contributed by atoms with Crippen molar-refractivity contribution < 1.29 is 37.5 Å². The van der Waals surface area contributed by atoms with Crippen LogP contribution < -0.4 is 9.47 Å². The fourth-order valence-corrected chi connectivity index (χ4v) is 10.4. The van der Waals surface area contributed by atoms with Crippen molar-refractivity contribution in [2.75, 3.05) is 40.9 Å². The Hall–Kier alpha value is -2.58. The number of ketones is 2. The molecule has 1 aromatic heterocycles. The van der Waals surface area contributed by atoms with E-state index in [4.69, 9.17) is 18.4 Å². The molecule has 0 saturated heterocycles. The van der Waals surface area contributed by atoms with Gasteiger partial charge in [-0.15, -0.1) is 0 Å². The molecule has 0 bridgehead atoms. The summed E-state index contributed by atoms with van der Waals surface area (Å²) in [5.41, 5.74) is -0.959. The number of rotatable bonds is 14. The minimum atomic E-state index is -2.90. The van der Waals surface area contributed by atoms with Crippen molar-refractivity contribution in [2.45, 2.75) is 130 Å². The summed E-state index contributed by atoms with van der Waals surface area (Å²) < 4.78 is 43.1. The molecule has 1 aromatic carbocycles. The number of hydrogen-bond donors (Lipinski definition) is 1. The number of aromatic nitrogens is 1. The Balaban J connectivity index is 1.78. The Bertz CT molecular complexity index is 1830. The molecule has 306 valence electrons. The molecule has 3 aliphatic rings. The van der Waals surface area contributed by atoms with Gasteiger partial charge in [0, 0.05) is 35.7 Å². The van der Waals surface area contributed by atoms with Crippen LogP contribution in [0.3, 0.4) is 0 Å². The van der Waals surface area contributed by atoms with Gasteiger partial charge in [-0.2, -0.15) is 0 Å². The van der Waals surface area contributed by atoms with Gasteiger partial charge in [0.05, 0.1) is 29.3 Å². The summed E-state index contributed by atoms with van der Waals surface area (Å²) in [7, 11) is 2.82. The van der Waals surface area contributed by atoms with Gasteiger partial charge in [0.15, 0.2) is 19.7 Å². The second-order valence-electron chi connectivity index (χ2n) is 18.8. The minimum absolute atomic E-state index is 0.0180. The van der Waals surface area contributed by atoms with E-state index in [2.05, 4.69) is 74.5 Å². The largest absolute Gasteiger partial charge is 0.507 e. The average Bonchev–Trinajstić information content (AvgIpc) is 3.48. The van der Waals surface area contributed by atoms with Gasteiger partial charge in [-0.05, 0) is 97.4 Å². The van der Waals surface area contributed by atoms with Gasteiger partial charge in [-0.1, -0.05) is 68.2 Å². The lowest BCUT2D eigenvalue weighted by molar-refractivity contribution is -0.140. The number of carbonyl (C=O) groups is 2. The predicted octanol–water partition coefficient (Wildman–Crippen LogP) is 9.70. The van der Waals surface area contributed by atoms with E-state index in [1.807, 2.05) is 46.1 Å². The number of aliphatic hydroxyl groups is 1. The molecule has 5 rings (SSSR count). The maximum Gasteiger partial charge on any atom is 0.265 e. The van der Waals surface area contributed by atoms with Gasteiger partial charge >= 0.3 is 0 Å². The zero-order valence-corrected chi connectivity index (χ0v) is 37.9. The Labute approximate surface area is 336 Å². The third-order valence-electron chi connectivity index (χ3n) is 11.8. The highest BCUT2D eigenvalue weighted by atomic mass is 79.9. The molecule has 1 fully saturated rings. The van der Waals surface area contributed by atoms with Crippen LogP contribution in [0.1, 0.15) is 126 Å². The Morgan fingerprint density at radius 2 is 1.62 bits per heavy atom. The first-order valence-corrected chi connectivity index (χ1v) is 23.6. The average molecular weight is 849 g/mol. The van der Waals surface area contributed by atoms with Crippen molar-refractivity contribution in [3.05, 3.63) is 43.9 Å². The molecular weight excluding hydrogens is 785 g/mol. The monoisotopic (exact) mass is 847 g/mol. The topological polar surface area (TPSA) is 115 Å². The highest BCUT2D eigenvalue weighted by Gasteiger charge is 2.69. The summed E-state index contributed by atoms with van der Waals surface area (Å²) in [6, 6.07) is -0.605. The second-order valence-corrected chi connectivity index (χ2v) is 24.3. The van der Waals surface area contributed by atoms with E-state index in [0.717, 1.165) is 32.2 Å². The van der Waals surface area contributed by atoms with E-state index in [1.54, 1.807) is 0 Å². The van der Waals surface area contributed by atoms with Gasteiger partial charge in [0.1, 0.15) is 22.9 Å². The summed E-state index contributed by atoms with van der Waals surface area (Å²) in [5.74, 6) is -2.65. The molecule has 1 N–H and O–H groups in total. The van der Waals surface area contributed by atoms with Crippen LogP contribution >= 0.6 is 15.9 Å². The molecule has 13 heteroatoms. The second kappa shape index (κ2) is 16.0. The van der Waals surface area contributed by atoms with Crippen LogP contribution in [0.15, 0.2) is 14.6 Å². The summed E-state index contributed by atoms with van der Waals surface area (Å²) >= 11 is 3.69. The molecule has 4 atom stereocenters. The number of halogens is 2. The molecule has 0 spiro atoms. The predicted molar refractivity (Wildman–Crippen MR) is 219 cm³/mol. The van der Waals surface area contributed by atoms with Gasteiger partial charge < -0.3 is 28.4 Å². The lowest BCUT2D eigenvalue weighted by Gasteiger charge is -2.55. The zero-order valence-electron chi connectivity index (χ0n) is 35.3. The molecule has 1 saturated carbocycles. The number of ether oxygens (including phenoxy) is 2. The highest BCUT2D eigenvalue weighted by molar-refractivity contribution is 9.10. The molecule has 0 unspecified atom stereocenters. The van der Waals surface area contributed by atoms with Crippen LogP contribution in [0.2, 0.25) is 18.1 Å². The van der Waals surface area contributed by atoms with Crippen molar-refractivity contribution in [1.29, 1.82) is 0 Å². The van der Waals surface area contributed by atoms with Gasteiger partial charge in [-0.3, -0.25) is 14.5 Å². The molecule has 0 aliphatic heterocycles. The van der Waals surface area contributed by atoms with Crippen LogP contribution in [0.4, 0.5) is 4.39 Å². The van der Waals surface area contributed by atoms with Crippen molar-refractivity contribution in [1.82, 2.24) is 15.0 Å². The number of aliphatic hydroxyl groups excluding tert-OH is 1. The van der Waals surface area contributed by atoms with E-state index in [-0.39, 0.29) is 51.6 Å². The summed E-state index contributed by atoms with van der Waals surface area (Å²) in [6.45, 7) is 22.4. The molecule has 1 heterocycles. The smallest absolute Gasteiger partial charge is 0.265 e. The third-order valence-corrected chi connectivity index (χ3v) is 17.1. The van der Waals surface area contributed by atoms with Crippen molar-refractivity contribution >= 4 is 41.6 Å². The fraction of sp³-hybridized carbons (Fsp3) is 0.690. The highest BCUT2D eigenvalue weighted by Crippen LogP contribution is 2.59. The number of nitrogens with zero attached hydrogens (tertiary/aromatic N) is 3. The Kier molecular flexibility index (Phi) is 12.7. The van der Waals surface area contributed by atoms with Gasteiger partial charge in [-0.25, -0.2) is 4.39 Å². The molecule has 3 aliphatic carbocycles. The Morgan fingerprint density at radius 1 is 1.00 bits per heavy atom. The van der Waals surface area contributed by atoms with Crippen molar-refractivity contribution in [3.8, 4) is 11.6 Å². The molecule has 55 heavy (non-hydrogen) atoms. The lowest BCUT2D eigenvalue weighted by Crippen LogP contribution is -2.68. The van der Waals surface area contributed by atoms with Crippen LogP contribution in [0, 0.1) is 23.1 Å². The first-order valence-electron chi connectivity index (χ1n) is 19.9. The molecule has 2 aromatic rings. The van der Waals surface area contributed by atoms with E-state index < -0.39 is 49.2 Å². The standard InChI is InChI=1S/C42H63BrFN3O7Si/c1-14-16-18-51-35-29-25(32(44)26(31(35)43)22-47(11)23-40(3,4)5)20-24-21-27-33(46(9)10)36-30(39(45-53-36)52-19-17-15-2)38(50)42(27,37(49)28(24)34(29)48)54-55(12,13)41(6,7)8/h24,27,33,48H,14-23H2,1-13H3/t24-,27-,33-,42-/m0/s1. The lowest BCUT2D eigenvalue weighted by atomic mass is 9.57. The van der Waals surface area contributed by atoms with Crippen LogP contribution in [0.25, 0.3) is 5.76 Å². The van der Waals surface area contributed by atoms with Crippen LogP contribution in [0.5, 0.6) is 11.6 Å².